The Morgan fingerprint density at radius 2 is 1.76 bits per heavy atom. The lowest BCUT2D eigenvalue weighted by atomic mass is 10.1. The maximum atomic E-state index is 13.1. The zero-order valence-electron chi connectivity index (χ0n) is 20.1. The molecule has 0 radical (unpaired) electrons. The first-order valence-electron chi connectivity index (χ1n) is 11.6. The Kier molecular flexibility index (Phi) is 9.22. The van der Waals surface area contributed by atoms with Gasteiger partial charge in [-0.25, -0.2) is 8.42 Å². The molecule has 3 rings (SSSR count). The number of nitrogens with one attached hydrogen (secondary N) is 1. The van der Waals surface area contributed by atoms with Gasteiger partial charge in [0, 0.05) is 13.1 Å². The average Bonchev–Trinajstić information content (AvgIpc) is 2.81. The second kappa shape index (κ2) is 11.9. The number of sulfonamides is 1. The van der Waals surface area contributed by atoms with Gasteiger partial charge in [0.05, 0.1) is 24.1 Å². The number of rotatable bonds is 10. The molecular formula is C25H34ClN3O4S. The van der Waals surface area contributed by atoms with E-state index in [0.717, 1.165) is 35.8 Å². The fourth-order valence-electron chi connectivity index (χ4n) is 4.30. The number of hydrogen-bond donors (Lipinski definition) is 1. The highest BCUT2D eigenvalue weighted by Gasteiger charge is 2.31. The Balaban J connectivity index is 1.68. The third-order valence-corrected chi connectivity index (χ3v) is 7.54. The molecule has 1 aliphatic rings. The molecule has 2 aromatic carbocycles. The van der Waals surface area contributed by atoms with Crippen LogP contribution in [0.25, 0.3) is 0 Å². The Bertz CT molecular complexity index is 1070. The predicted molar refractivity (Wildman–Crippen MR) is 137 cm³/mol. The topological polar surface area (TPSA) is 79.0 Å². The third kappa shape index (κ3) is 6.87. The zero-order chi connectivity index (χ0) is 24.7. The number of benzene rings is 2. The second-order valence-corrected chi connectivity index (χ2v) is 10.9. The number of hydrogen-bond acceptors (Lipinski definition) is 5. The first-order chi connectivity index (χ1) is 16.2. The van der Waals surface area contributed by atoms with Gasteiger partial charge in [0.15, 0.2) is 0 Å². The van der Waals surface area contributed by atoms with Crippen molar-refractivity contribution in [1.29, 1.82) is 0 Å². The van der Waals surface area contributed by atoms with Crippen LogP contribution >= 0.6 is 11.6 Å². The number of piperidine rings is 1. The number of carbonyl (C=O) groups excluding carboxylic acids is 1. The number of ether oxygens (including phenoxy) is 1. The number of nitrogens with zero attached hydrogens (tertiary/aromatic N) is 2. The van der Waals surface area contributed by atoms with Crippen LogP contribution in [0.15, 0.2) is 42.5 Å². The first kappa shape index (κ1) is 26.3. The molecule has 1 amide bonds. The fourth-order valence-corrected chi connectivity index (χ4v) is 5.75. The van der Waals surface area contributed by atoms with Crippen molar-refractivity contribution in [3.63, 3.8) is 0 Å². The molecule has 1 aliphatic heterocycles. The standard InChI is InChI=1S/C25H34ClN3O4S/c1-4-23(29(34(3,31)32)21-12-13-24(33-2)22(26)16-21)25(30)27-17-19-8-10-20(11-9-19)18-28-14-6-5-7-15-28/h8-13,16,23H,4-7,14-15,17-18H2,1-3H3,(H,27,30)/t23-/m1/s1. The van der Waals surface area contributed by atoms with Gasteiger partial charge in [-0.1, -0.05) is 49.2 Å². The molecule has 0 aromatic heterocycles. The molecular weight excluding hydrogens is 474 g/mol. The van der Waals surface area contributed by atoms with Crippen molar-refractivity contribution in [2.75, 3.05) is 30.8 Å². The molecule has 1 atom stereocenters. The maximum Gasteiger partial charge on any atom is 0.244 e. The number of anilines is 1. The van der Waals surface area contributed by atoms with E-state index in [1.807, 2.05) is 12.1 Å². The lowest BCUT2D eigenvalue weighted by molar-refractivity contribution is -0.122. The summed E-state index contributed by atoms with van der Waals surface area (Å²) >= 11 is 6.22. The lowest BCUT2D eigenvalue weighted by Crippen LogP contribution is -2.49. The summed E-state index contributed by atoms with van der Waals surface area (Å²) in [7, 11) is -2.26. The minimum Gasteiger partial charge on any atom is -0.495 e. The van der Waals surface area contributed by atoms with Gasteiger partial charge in [0.1, 0.15) is 11.8 Å². The van der Waals surface area contributed by atoms with E-state index < -0.39 is 16.1 Å². The summed E-state index contributed by atoms with van der Waals surface area (Å²) in [4.78, 5) is 15.5. The van der Waals surface area contributed by atoms with Gasteiger partial charge in [0.2, 0.25) is 15.9 Å². The monoisotopic (exact) mass is 507 g/mol. The lowest BCUT2D eigenvalue weighted by Gasteiger charge is -2.30. The first-order valence-corrected chi connectivity index (χ1v) is 13.9. The van der Waals surface area contributed by atoms with Crippen LogP contribution in [-0.4, -0.2) is 51.7 Å². The van der Waals surface area contributed by atoms with E-state index in [-0.39, 0.29) is 10.9 Å². The van der Waals surface area contributed by atoms with Crippen LogP contribution in [0.3, 0.4) is 0 Å². The van der Waals surface area contributed by atoms with E-state index in [4.69, 9.17) is 16.3 Å². The minimum atomic E-state index is -3.75. The molecule has 0 aliphatic carbocycles. The van der Waals surface area contributed by atoms with E-state index in [2.05, 4.69) is 22.3 Å². The summed E-state index contributed by atoms with van der Waals surface area (Å²) < 4.78 is 31.6. The molecule has 186 valence electrons. The number of amides is 1. The van der Waals surface area contributed by atoms with Crippen LogP contribution in [0.5, 0.6) is 5.75 Å². The van der Waals surface area contributed by atoms with Crippen molar-refractivity contribution >= 4 is 33.2 Å². The highest BCUT2D eigenvalue weighted by Crippen LogP contribution is 2.31. The summed E-state index contributed by atoms with van der Waals surface area (Å²) in [6.07, 6.45) is 5.22. The number of methoxy groups -OCH3 is 1. The summed E-state index contributed by atoms with van der Waals surface area (Å²) in [6, 6.07) is 12.0. The van der Waals surface area contributed by atoms with Crippen molar-refractivity contribution in [2.24, 2.45) is 0 Å². The van der Waals surface area contributed by atoms with Crippen LogP contribution in [-0.2, 0) is 27.9 Å². The minimum absolute atomic E-state index is 0.272. The SMILES string of the molecule is CC[C@H](C(=O)NCc1ccc(CN2CCCCC2)cc1)N(c1ccc(OC)c(Cl)c1)S(C)(=O)=O. The van der Waals surface area contributed by atoms with Crippen molar-refractivity contribution in [1.82, 2.24) is 10.2 Å². The van der Waals surface area contributed by atoms with E-state index >= 15 is 0 Å². The number of halogens is 1. The van der Waals surface area contributed by atoms with Crippen molar-refractivity contribution < 1.29 is 17.9 Å². The molecule has 9 heteroatoms. The molecule has 1 heterocycles. The normalized spacial score (nSPS) is 15.5. The van der Waals surface area contributed by atoms with Gasteiger partial charge in [0.25, 0.3) is 0 Å². The number of likely N-dealkylation sites (tertiary alicyclic amines) is 1. The molecule has 7 nitrogen and oxygen atoms in total. The van der Waals surface area contributed by atoms with Crippen molar-refractivity contribution in [3.8, 4) is 5.75 Å². The summed E-state index contributed by atoms with van der Waals surface area (Å²) in [5, 5.41) is 3.17. The van der Waals surface area contributed by atoms with Crippen LogP contribution in [0.2, 0.25) is 5.02 Å². The second-order valence-electron chi connectivity index (χ2n) is 8.67. The van der Waals surface area contributed by atoms with E-state index in [1.54, 1.807) is 19.1 Å². The Hall–Kier alpha value is -2.29. The Morgan fingerprint density at radius 3 is 2.32 bits per heavy atom. The molecule has 0 spiro atoms. The van der Waals surface area contributed by atoms with Gasteiger partial charge in [-0.15, -0.1) is 0 Å². The molecule has 1 fully saturated rings. The highest BCUT2D eigenvalue weighted by atomic mass is 35.5. The van der Waals surface area contributed by atoms with Crippen molar-refractivity contribution in [3.05, 3.63) is 58.6 Å². The summed E-state index contributed by atoms with van der Waals surface area (Å²) in [5.74, 6) is 0.0670. The molecule has 34 heavy (non-hydrogen) atoms. The van der Waals surface area contributed by atoms with Gasteiger partial charge >= 0.3 is 0 Å². The molecule has 1 N–H and O–H groups in total. The quantitative estimate of drug-likeness (QED) is 0.521. The Labute approximate surface area is 208 Å². The average molecular weight is 508 g/mol. The Morgan fingerprint density at radius 1 is 1.12 bits per heavy atom. The van der Waals surface area contributed by atoms with Gasteiger partial charge in [-0.3, -0.25) is 14.0 Å². The molecule has 0 unspecified atom stereocenters. The predicted octanol–water partition coefficient (Wildman–Crippen LogP) is 4.20. The highest BCUT2D eigenvalue weighted by molar-refractivity contribution is 7.92. The van der Waals surface area contributed by atoms with E-state index in [0.29, 0.717) is 24.4 Å². The smallest absolute Gasteiger partial charge is 0.244 e. The summed E-state index contributed by atoms with van der Waals surface area (Å²) in [5.41, 5.74) is 2.53. The fraction of sp³-hybridized carbons (Fsp3) is 0.480. The van der Waals surface area contributed by atoms with Gasteiger partial charge < -0.3 is 10.1 Å². The largest absolute Gasteiger partial charge is 0.495 e. The third-order valence-electron chi connectivity index (χ3n) is 6.06. The summed E-state index contributed by atoms with van der Waals surface area (Å²) in [6.45, 7) is 5.33. The zero-order valence-corrected chi connectivity index (χ0v) is 21.7. The molecule has 0 saturated carbocycles. The van der Waals surface area contributed by atoms with Gasteiger partial charge in [-0.2, -0.15) is 0 Å². The van der Waals surface area contributed by atoms with Crippen LogP contribution in [0, 0.1) is 0 Å². The van der Waals surface area contributed by atoms with Crippen molar-refractivity contribution in [2.45, 2.75) is 51.7 Å². The molecule has 1 saturated heterocycles. The van der Waals surface area contributed by atoms with Crippen LogP contribution in [0.1, 0.15) is 43.7 Å². The number of carbonyl (C=O) groups is 1. The molecule has 2 aromatic rings. The van der Waals surface area contributed by atoms with E-state index in [9.17, 15) is 13.2 Å². The maximum absolute atomic E-state index is 13.1. The van der Waals surface area contributed by atoms with Gasteiger partial charge in [-0.05, 0) is 61.7 Å². The van der Waals surface area contributed by atoms with Crippen LogP contribution in [0.4, 0.5) is 5.69 Å². The van der Waals surface area contributed by atoms with E-state index in [1.165, 1.54) is 38.0 Å². The van der Waals surface area contributed by atoms with Crippen LogP contribution < -0.4 is 14.4 Å². The molecule has 0 bridgehead atoms.